The van der Waals surface area contributed by atoms with Crippen LogP contribution in [0.1, 0.15) is 29.2 Å². The fraction of sp³-hybridized carbons (Fsp3) is 0.154. The average molecular weight is 519 g/mol. The Morgan fingerprint density at radius 3 is 2.33 bits per heavy atom. The van der Waals surface area contributed by atoms with E-state index in [9.17, 15) is 0 Å². The van der Waals surface area contributed by atoms with Crippen molar-refractivity contribution in [3.05, 3.63) is 107 Å². The minimum absolute atomic E-state index is 0.0932. The van der Waals surface area contributed by atoms with Crippen LogP contribution in [-0.2, 0) is 0 Å². The van der Waals surface area contributed by atoms with Crippen LogP contribution in [-0.4, -0.2) is 21.8 Å². The van der Waals surface area contributed by atoms with E-state index >= 15 is 0 Å². The summed E-state index contributed by atoms with van der Waals surface area (Å²) in [4.78, 5) is 6.85. The third-order valence-corrected chi connectivity index (χ3v) is 6.79. The Kier molecular flexibility index (Phi) is 5.91. The maximum Gasteiger partial charge on any atom is 0.174 e. The molecule has 1 saturated heterocycles. The van der Waals surface area contributed by atoms with E-state index in [4.69, 9.17) is 17.0 Å². The number of hydrogen-bond acceptors (Lipinski definition) is 3. The molecule has 0 aliphatic carbocycles. The van der Waals surface area contributed by atoms with Crippen LogP contribution >= 0.6 is 28.1 Å². The fourth-order valence-electron chi connectivity index (χ4n) is 4.41. The van der Waals surface area contributed by atoms with Crippen LogP contribution < -0.4 is 15.0 Å². The van der Waals surface area contributed by atoms with Crippen molar-refractivity contribution in [3.8, 4) is 11.4 Å². The summed E-state index contributed by atoms with van der Waals surface area (Å²) in [5.74, 6) is 0.830. The molecule has 4 aromatic rings. The predicted octanol–water partition coefficient (Wildman–Crippen LogP) is 6.13. The van der Waals surface area contributed by atoms with E-state index in [0.717, 1.165) is 38.7 Å². The van der Waals surface area contributed by atoms with E-state index in [1.54, 1.807) is 7.11 Å². The zero-order valence-corrected chi connectivity index (χ0v) is 20.7. The van der Waals surface area contributed by atoms with Crippen molar-refractivity contribution in [2.24, 2.45) is 0 Å². The molecule has 33 heavy (non-hydrogen) atoms. The van der Waals surface area contributed by atoms with Gasteiger partial charge in [0.15, 0.2) is 5.11 Å². The molecule has 2 aromatic carbocycles. The van der Waals surface area contributed by atoms with Crippen molar-refractivity contribution in [2.45, 2.75) is 19.0 Å². The number of aryl methyl sites for hydroxylation is 1. The summed E-state index contributed by atoms with van der Waals surface area (Å²) in [5.41, 5.74) is 5.32. The highest BCUT2D eigenvalue weighted by atomic mass is 79.9. The molecule has 7 heteroatoms. The predicted molar refractivity (Wildman–Crippen MR) is 139 cm³/mol. The van der Waals surface area contributed by atoms with Crippen LogP contribution in [0.25, 0.3) is 5.69 Å². The molecule has 0 radical (unpaired) electrons. The van der Waals surface area contributed by atoms with Gasteiger partial charge < -0.3 is 19.5 Å². The molecule has 2 aromatic heterocycles. The van der Waals surface area contributed by atoms with Gasteiger partial charge in [0.1, 0.15) is 11.8 Å². The van der Waals surface area contributed by atoms with Crippen molar-refractivity contribution in [2.75, 3.05) is 12.0 Å². The van der Waals surface area contributed by atoms with Gasteiger partial charge in [-0.05, 0) is 91.9 Å². The van der Waals surface area contributed by atoms with Gasteiger partial charge in [0, 0.05) is 33.4 Å². The molecular formula is C26H23BrN4OS. The topological polar surface area (TPSA) is 42.3 Å². The summed E-state index contributed by atoms with van der Waals surface area (Å²) in [5, 5.41) is 4.22. The number of nitrogens with zero attached hydrogens (tertiary/aromatic N) is 3. The largest absolute Gasteiger partial charge is 0.497 e. The lowest BCUT2D eigenvalue weighted by atomic mass is 10.0. The van der Waals surface area contributed by atoms with Gasteiger partial charge in [-0.25, -0.2) is 0 Å². The van der Waals surface area contributed by atoms with Crippen LogP contribution in [0.15, 0.2) is 89.5 Å². The minimum Gasteiger partial charge on any atom is -0.497 e. The molecule has 5 rings (SSSR count). The van der Waals surface area contributed by atoms with E-state index in [-0.39, 0.29) is 12.1 Å². The van der Waals surface area contributed by atoms with E-state index in [0.29, 0.717) is 5.11 Å². The number of anilines is 1. The lowest BCUT2D eigenvalue weighted by Gasteiger charge is -2.29. The molecule has 0 amide bonds. The summed E-state index contributed by atoms with van der Waals surface area (Å²) < 4.78 is 8.67. The van der Waals surface area contributed by atoms with E-state index in [2.05, 4.69) is 79.0 Å². The molecule has 0 bridgehead atoms. The summed E-state index contributed by atoms with van der Waals surface area (Å²) >= 11 is 9.40. The van der Waals surface area contributed by atoms with Gasteiger partial charge in [-0.3, -0.25) is 4.98 Å². The van der Waals surface area contributed by atoms with Crippen LogP contribution in [0.5, 0.6) is 5.75 Å². The molecule has 166 valence electrons. The molecule has 0 spiro atoms. The van der Waals surface area contributed by atoms with Crippen molar-refractivity contribution in [1.29, 1.82) is 0 Å². The van der Waals surface area contributed by atoms with Gasteiger partial charge in [0.2, 0.25) is 0 Å². The fourth-order valence-corrected chi connectivity index (χ4v) is 5.02. The van der Waals surface area contributed by atoms with Gasteiger partial charge >= 0.3 is 0 Å². The van der Waals surface area contributed by atoms with Crippen LogP contribution in [0.2, 0.25) is 0 Å². The molecule has 5 nitrogen and oxygen atoms in total. The number of benzene rings is 2. The summed E-state index contributed by atoms with van der Waals surface area (Å²) in [6.45, 7) is 2.12. The van der Waals surface area contributed by atoms with Crippen LogP contribution in [0.3, 0.4) is 0 Å². The first kappa shape index (κ1) is 21.7. The molecular weight excluding hydrogens is 496 g/mol. The Hall–Kier alpha value is -3.16. The van der Waals surface area contributed by atoms with Gasteiger partial charge in [-0.1, -0.05) is 22.0 Å². The number of ether oxygens (including phenoxy) is 1. The summed E-state index contributed by atoms with van der Waals surface area (Å²) in [7, 11) is 1.68. The van der Waals surface area contributed by atoms with Gasteiger partial charge in [0.25, 0.3) is 0 Å². The first-order chi connectivity index (χ1) is 16.1. The highest BCUT2D eigenvalue weighted by molar-refractivity contribution is 9.10. The second kappa shape index (κ2) is 9.00. The van der Waals surface area contributed by atoms with Crippen LogP contribution in [0.4, 0.5) is 5.69 Å². The molecule has 1 N–H and O–H groups in total. The zero-order valence-electron chi connectivity index (χ0n) is 18.3. The maximum atomic E-state index is 5.86. The molecule has 1 aliphatic rings. The number of hydrogen-bond donors (Lipinski definition) is 1. The number of rotatable bonds is 5. The van der Waals surface area contributed by atoms with Crippen molar-refractivity contribution >= 4 is 38.9 Å². The lowest BCUT2D eigenvalue weighted by Crippen LogP contribution is -2.30. The monoisotopic (exact) mass is 518 g/mol. The molecule has 1 aliphatic heterocycles. The standard InChI is InChI=1S/C26H23BrN4OS/c1-17-6-15-23(30(17)19-11-13-21(32-2)14-12-19)25-24(22-5-3-4-16-28-22)29-26(33)31(25)20-9-7-18(27)8-10-20/h3-16,24-25H,1-2H3,(H,29,33)/t24-,25-/m1/s1. The SMILES string of the molecule is COc1ccc(-n2c(C)ccc2[C@@H]2[C@@H](c3ccccn3)NC(=S)N2c2ccc(Br)cc2)cc1. The number of halogens is 1. The molecule has 2 atom stereocenters. The number of nitrogens with one attached hydrogen (secondary N) is 1. The molecule has 0 saturated carbocycles. The number of aromatic nitrogens is 2. The smallest absolute Gasteiger partial charge is 0.174 e. The number of pyridine rings is 1. The first-order valence-electron chi connectivity index (χ1n) is 10.7. The molecule has 1 fully saturated rings. The minimum atomic E-state index is -0.103. The van der Waals surface area contributed by atoms with Crippen molar-refractivity contribution in [1.82, 2.24) is 14.9 Å². The van der Waals surface area contributed by atoms with Gasteiger partial charge in [0.05, 0.1) is 18.8 Å². The Morgan fingerprint density at radius 2 is 1.67 bits per heavy atom. The van der Waals surface area contributed by atoms with Gasteiger partial charge in [-0.2, -0.15) is 0 Å². The average Bonchev–Trinajstić information content (AvgIpc) is 3.39. The Morgan fingerprint density at radius 1 is 0.939 bits per heavy atom. The summed E-state index contributed by atoms with van der Waals surface area (Å²) in [6, 6.07) is 26.5. The second-order valence-corrected chi connectivity index (χ2v) is 9.21. The number of methoxy groups -OCH3 is 1. The van der Waals surface area contributed by atoms with Gasteiger partial charge in [-0.15, -0.1) is 0 Å². The Labute approximate surface area is 207 Å². The quantitative estimate of drug-likeness (QED) is 0.322. The normalized spacial score (nSPS) is 17.8. The summed E-state index contributed by atoms with van der Waals surface area (Å²) in [6.07, 6.45) is 1.83. The first-order valence-corrected chi connectivity index (χ1v) is 11.9. The molecule has 0 unspecified atom stereocenters. The third kappa shape index (κ3) is 4.03. The van der Waals surface area contributed by atoms with Crippen molar-refractivity contribution < 1.29 is 4.74 Å². The number of thiocarbonyl (C=S) groups is 1. The zero-order chi connectivity index (χ0) is 22.9. The van der Waals surface area contributed by atoms with Crippen LogP contribution in [0, 0.1) is 6.92 Å². The maximum absolute atomic E-state index is 5.86. The van der Waals surface area contributed by atoms with Crippen molar-refractivity contribution in [3.63, 3.8) is 0 Å². The van der Waals surface area contributed by atoms with E-state index in [1.807, 2.05) is 48.7 Å². The highest BCUT2D eigenvalue weighted by Crippen LogP contribution is 2.43. The lowest BCUT2D eigenvalue weighted by molar-refractivity contribution is 0.414. The van der Waals surface area contributed by atoms with E-state index in [1.165, 1.54) is 0 Å². The van der Waals surface area contributed by atoms with E-state index < -0.39 is 0 Å². The molecule has 3 heterocycles. The third-order valence-electron chi connectivity index (χ3n) is 5.94. The Balaban J connectivity index is 1.67. The highest BCUT2D eigenvalue weighted by Gasteiger charge is 2.42. The Bertz CT molecular complexity index is 1270. The second-order valence-electron chi connectivity index (χ2n) is 7.91.